The number of guanidine groups is 1. The molecule has 2 rings (SSSR count). The molecule has 2 aliphatic rings. The second kappa shape index (κ2) is 11.9. The maximum Gasteiger partial charge on any atom is 0.511 e. The Labute approximate surface area is 188 Å². The Bertz CT molecular complexity index is 625. The van der Waals surface area contributed by atoms with Crippen LogP contribution in [0.4, 0.5) is 13.2 Å². The summed E-state index contributed by atoms with van der Waals surface area (Å²) in [5.41, 5.74) is -5.23. The van der Waals surface area contributed by atoms with Gasteiger partial charge >= 0.3 is 15.5 Å². The largest absolute Gasteiger partial charge is 0.511 e. The Morgan fingerprint density at radius 3 is 2.31 bits per heavy atom. The van der Waals surface area contributed by atoms with Crippen LogP contribution < -0.4 is 10.6 Å². The summed E-state index contributed by atoms with van der Waals surface area (Å²) in [5.74, 6) is 0.773. The summed E-state index contributed by atoms with van der Waals surface area (Å²) < 4.78 is 61.3. The average Bonchev–Trinajstić information content (AvgIpc) is 2.65. The van der Waals surface area contributed by atoms with Gasteiger partial charge in [-0.3, -0.25) is 9.89 Å². The molecule has 0 aliphatic carbocycles. The van der Waals surface area contributed by atoms with E-state index in [2.05, 4.69) is 27.4 Å². The first-order valence-corrected chi connectivity index (χ1v) is 11.3. The highest BCUT2D eigenvalue weighted by molar-refractivity contribution is 14.0. The lowest BCUT2D eigenvalue weighted by atomic mass is 9.98. The van der Waals surface area contributed by atoms with Gasteiger partial charge < -0.3 is 10.6 Å². The van der Waals surface area contributed by atoms with Crippen molar-refractivity contribution in [3.63, 3.8) is 0 Å². The molecule has 0 aromatic heterocycles. The molecule has 0 saturated carbocycles. The lowest BCUT2D eigenvalue weighted by Crippen LogP contribution is -2.48. The second-order valence-electron chi connectivity index (χ2n) is 7.55. The van der Waals surface area contributed by atoms with E-state index in [-0.39, 0.29) is 43.0 Å². The molecule has 2 saturated heterocycles. The zero-order valence-electron chi connectivity index (χ0n) is 17.0. The molecule has 12 heteroatoms. The fourth-order valence-corrected chi connectivity index (χ4v) is 4.75. The molecule has 0 aromatic carbocycles. The molecule has 2 aliphatic heterocycles. The minimum absolute atomic E-state index is 0. The number of nitrogens with zero attached hydrogens (tertiary/aromatic N) is 3. The van der Waals surface area contributed by atoms with Gasteiger partial charge in [-0.05, 0) is 45.1 Å². The Morgan fingerprint density at radius 1 is 1.10 bits per heavy atom. The van der Waals surface area contributed by atoms with Gasteiger partial charge in [-0.2, -0.15) is 17.5 Å². The van der Waals surface area contributed by atoms with Crippen molar-refractivity contribution in [2.24, 2.45) is 10.9 Å². The minimum atomic E-state index is -5.23. The third kappa shape index (κ3) is 7.69. The predicted molar refractivity (Wildman–Crippen MR) is 119 cm³/mol. The van der Waals surface area contributed by atoms with Gasteiger partial charge in [0.15, 0.2) is 5.96 Å². The van der Waals surface area contributed by atoms with E-state index in [0.29, 0.717) is 35.7 Å². The van der Waals surface area contributed by atoms with Crippen molar-refractivity contribution in [3.05, 3.63) is 0 Å². The highest BCUT2D eigenvalue weighted by Crippen LogP contribution is 2.30. The van der Waals surface area contributed by atoms with Gasteiger partial charge in [-0.15, -0.1) is 24.0 Å². The third-order valence-corrected chi connectivity index (χ3v) is 7.25. The van der Waals surface area contributed by atoms with E-state index in [9.17, 15) is 21.6 Å². The van der Waals surface area contributed by atoms with Crippen LogP contribution in [0.1, 0.15) is 39.0 Å². The van der Waals surface area contributed by atoms with E-state index in [1.165, 1.54) is 19.3 Å². The maximum absolute atomic E-state index is 12.6. The highest BCUT2D eigenvalue weighted by Gasteiger charge is 2.50. The molecule has 172 valence electrons. The number of hydrogen-bond acceptors (Lipinski definition) is 4. The van der Waals surface area contributed by atoms with Crippen molar-refractivity contribution < 1.29 is 21.6 Å². The van der Waals surface area contributed by atoms with E-state index in [4.69, 9.17) is 0 Å². The van der Waals surface area contributed by atoms with Gasteiger partial charge in [0.25, 0.3) is 0 Å². The summed E-state index contributed by atoms with van der Waals surface area (Å²) in [4.78, 5) is 6.64. The van der Waals surface area contributed by atoms with Gasteiger partial charge in [0.2, 0.25) is 0 Å². The van der Waals surface area contributed by atoms with Crippen LogP contribution in [0.15, 0.2) is 4.99 Å². The van der Waals surface area contributed by atoms with Gasteiger partial charge in [0.05, 0.1) is 0 Å². The lowest BCUT2D eigenvalue weighted by molar-refractivity contribution is -0.0496. The number of halogens is 4. The lowest BCUT2D eigenvalue weighted by Gasteiger charge is -2.33. The van der Waals surface area contributed by atoms with Crippen LogP contribution in [0.3, 0.4) is 0 Å². The van der Waals surface area contributed by atoms with Crippen LogP contribution >= 0.6 is 24.0 Å². The average molecular weight is 555 g/mol. The number of rotatable bonds is 6. The fourth-order valence-electron chi connectivity index (χ4n) is 3.77. The van der Waals surface area contributed by atoms with Crippen molar-refractivity contribution in [1.29, 1.82) is 0 Å². The molecular weight excluding hydrogens is 522 g/mol. The van der Waals surface area contributed by atoms with Gasteiger partial charge in [-0.25, -0.2) is 8.42 Å². The quantitative estimate of drug-likeness (QED) is 0.299. The van der Waals surface area contributed by atoms with Crippen LogP contribution in [-0.4, -0.2) is 81.4 Å². The summed E-state index contributed by atoms with van der Waals surface area (Å²) in [7, 11) is -3.54. The molecule has 2 heterocycles. The number of likely N-dealkylation sites (tertiary alicyclic amines) is 1. The Kier molecular flexibility index (Phi) is 10.9. The molecule has 0 aromatic rings. The topological polar surface area (TPSA) is 77.0 Å². The Hall–Kier alpha value is -0.340. The molecule has 1 atom stereocenters. The number of sulfonamides is 1. The van der Waals surface area contributed by atoms with Gasteiger partial charge in [-0.1, -0.05) is 6.42 Å². The SMILES string of the molecule is CN=C(NCCN1CCCCC1C)NCC1CCN(S(=O)(=O)C(F)(F)F)CC1.I. The number of aliphatic imine (C=N–C) groups is 1. The van der Waals surface area contributed by atoms with Crippen LogP contribution in [-0.2, 0) is 10.0 Å². The Morgan fingerprint density at radius 2 is 1.76 bits per heavy atom. The van der Waals surface area contributed by atoms with Crippen LogP contribution in [0, 0.1) is 5.92 Å². The van der Waals surface area contributed by atoms with Gasteiger partial charge in [0, 0.05) is 45.8 Å². The molecule has 0 radical (unpaired) electrons. The summed E-state index contributed by atoms with van der Waals surface area (Å²) in [5, 5.41) is 6.47. The van der Waals surface area contributed by atoms with E-state index in [1.807, 2.05) is 0 Å². The molecule has 2 N–H and O–H groups in total. The molecular formula is C17H33F3IN5O2S. The molecule has 1 unspecified atom stereocenters. The van der Waals surface area contributed by atoms with Gasteiger partial charge in [0.1, 0.15) is 0 Å². The molecule has 29 heavy (non-hydrogen) atoms. The molecule has 7 nitrogen and oxygen atoms in total. The second-order valence-corrected chi connectivity index (χ2v) is 9.48. The first-order chi connectivity index (χ1) is 13.1. The van der Waals surface area contributed by atoms with E-state index >= 15 is 0 Å². The van der Waals surface area contributed by atoms with Crippen LogP contribution in [0.2, 0.25) is 0 Å². The van der Waals surface area contributed by atoms with E-state index < -0.39 is 15.5 Å². The molecule has 0 bridgehead atoms. The maximum atomic E-state index is 12.6. The van der Waals surface area contributed by atoms with E-state index in [1.54, 1.807) is 7.05 Å². The molecule has 2 fully saturated rings. The molecule has 0 spiro atoms. The normalized spacial score (nSPS) is 23.5. The van der Waals surface area contributed by atoms with Crippen molar-refractivity contribution in [2.75, 3.05) is 46.3 Å². The van der Waals surface area contributed by atoms with Crippen molar-refractivity contribution >= 4 is 40.0 Å². The Balaban J connectivity index is 0.00000420. The first-order valence-electron chi connectivity index (χ1n) is 9.90. The first kappa shape index (κ1) is 26.7. The van der Waals surface area contributed by atoms with Crippen LogP contribution in [0.5, 0.6) is 0 Å². The number of alkyl halides is 3. The highest BCUT2D eigenvalue weighted by atomic mass is 127. The molecule has 0 amide bonds. The summed E-state index contributed by atoms with van der Waals surface area (Å²) >= 11 is 0. The van der Waals surface area contributed by atoms with Crippen LogP contribution in [0.25, 0.3) is 0 Å². The van der Waals surface area contributed by atoms with E-state index in [0.717, 1.165) is 19.6 Å². The monoisotopic (exact) mass is 555 g/mol. The predicted octanol–water partition coefficient (Wildman–Crippen LogP) is 2.21. The van der Waals surface area contributed by atoms with Crippen molar-refractivity contribution in [1.82, 2.24) is 19.8 Å². The number of hydrogen-bond donors (Lipinski definition) is 2. The number of piperidine rings is 2. The number of nitrogens with one attached hydrogen (secondary N) is 2. The summed E-state index contributed by atoms with van der Waals surface area (Å²) in [6.07, 6.45) is 4.54. The smallest absolute Gasteiger partial charge is 0.356 e. The summed E-state index contributed by atoms with van der Waals surface area (Å²) in [6.45, 7) is 5.42. The zero-order chi connectivity index (χ0) is 20.8. The van der Waals surface area contributed by atoms with Crippen molar-refractivity contribution in [3.8, 4) is 0 Å². The third-order valence-electron chi connectivity index (χ3n) is 5.62. The summed E-state index contributed by atoms with van der Waals surface area (Å²) in [6, 6.07) is 0.601. The standard InChI is InChI=1S/C17H32F3N5O2S.HI/c1-14-5-3-4-9-24(14)12-8-22-16(21-2)23-13-15-6-10-25(11-7-15)28(26,27)17(18,19)20;/h14-15H,3-13H2,1-2H3,(H2,21,22,23);1H. The zero-order valence-corrected chi connectivity index (χ0v) is 20.2. The van der Waals surface area contributed by atoms with Crippen molar-refractivity contribution in [2.45, 2.75) is 50.6 Å². The fraction of sp³-hybridized carbons (Fsp3) is 0.941. The minimum Gasteiger partial charge on any atom is -0.356 e.